The SMILES string of the molecule is COc1cc(C[C@H](C)O[C@H]2O[C@H](CO)[C@@H](O)[C@@H](O)[C@@H]2O)cc(OC)c1O[C@@H]1O[C@H](CO)[C@H](O)[C@H](O)[C@H]1O. The Morgan fingerprint density at radius 3 is 1.65 bits per heavy atom. The van der Waals surface area contributed by atoms with Crippen LogP contribution in [0, 0.1) is 0 Å². The molecule has 14 nitrogen and oxygen atoms in total. The molecule has 1 aromatic carbocycles. The van der Waals surface area contributed by atoms with Crippen molar-refractivity contribution in [1.82, 2.24) is 0 Å². The van der Waals surface area contributed by atoms with Crippen molar-refractivity contribution < 1.29 is 69.3 Å². The van der Waals surface area contributed by atoms with Crippen LogP contribution in [0.1, 0.15) is 12.5 Å². The summed E-state index contributed by atoms with van der Waals surface area (Å²) in [6.07, 6.45) is -14.8. The Morgan fingerprint density at radius 2 is 1.19 bits per heavy atom. The van der Waals surface area contributed by atoms with Gasteiger partial charge in [0.25, 0.3) is 0 Å². The summed E-state index contributed by atoms with van der Waals surface area (Å²) in [6, 6.07) is 3.18. The lowest BCUT2D eigenvalue weighted by molar-refractivity contribution is -0.309. The van der Waals surface area contributed by atoms with Crippen LogP contribution in [0.5, 0.6) is 17.2 Å². The first-order valence-electron chi connectivity index (χ1n) is 11.7. The molecule has 14 heteroatoms. The van der Waals surface area contributed by atoms with Gasteiger partial charge in [-0.2, -0.15) is 0 Å². The number of ether oxygens (including phenoxy) is 6. The van der Waals surface area contributed by atoms with Gasteiger partial charge in [-0.05, 0) is 31.0 Å². The van der Waals surface area contributed by atoms with Crippen molar-refractivity contribution in [3.05, 3.63) is 17.7 Å². The van der Waals surface area contributed by atoms with Crippen LogP contribution in [0.3, 0.4) is 0 Å². The third-order valence-electron chi connectivity index (χ3n) is 6.34. The summed E-state index contributed by atoms with van der Waals surface area (Å²) in [4.78, 5) is 0. The second-order valence-electron chi connectivity index (χ2n) is 8.99. The minimum atomic E-state index is -1.64. The van der Waals surface area contributed by atoms with Crippen LogP contribution in [0.2, 0.25) is 0 Å². The standard InChI is InChI=1S/C23H36O14/c1-9(34-22-19(30)17(28)15(26)13(7-24)35-22)4-10-5-11(32-2)21(12(6-10)33-3)37-23-20(31)18(29)16(27)14(8-25)36-23/h5-6,9,13-20,22-31H,4,7-8H2,1-3H3/t9-,13+,14+,15+,16-,17+,18-,19-,20+,22-,23-/m0/s1. The van der Waals surface area contributed by atoms with Crippen LogP contribution in [-0.2, 0) is 20.6 Å². The molecule has 0 spiro atoms. The van der Waals surface area contributed by atoms with Gasteiger partial charge in [0.2, 0.25) is 12.0 Å². The Bertz CT molecular complexity index is 841. The molecule has 37 heavy (non-hydrogen) atoms. The van der Waals surface area contributed by atoms with Gasteiger partial charge in [0.05, 0.1) is 33.5 Å². The van der Waals surface area contributed by atoms with E-state index in [9.17, 15) is 40.9 Å². The molecule has 0 aliphatic carbocycles. The molecule has 2 aliphatic heterocycles. The predicted molar refractivity (Wildman–Crippen MR) is 122 cm³/mol. The Labute approximate surface area is 213 Å². The molecule has 2 fully saturated rings. The lowest BCUT2D eigenvalue weighted by Gasteiger charge is -2.40. The lowest BCUT2D eigenvalue weighted by Crippen LogP contribution is -2.60. The van der Waals surface area contributed by atoms with Gasteiger partial charge < -0.3 is 69.3 Å². The maximum absolute atomic E-state index is 10.3. The van der Waals surface area contributed by atoms with Gasteiger partial charge in [-0.3, -0.25) is 0 Å². The van der Waals surface area contributed by atoms with Crippen molar-refractivity contribution in [3.63, 3.8) is 0 Å². The van der Waals surface area contributed by atoms with Crippen molar-refractivity contribution in [2.45, 2.75) is 80.9 Å². The number of hydrogen-bond acceptors (Lipinski definition) is 14. The van der Waals surface area contributed by atoms with E-state index >= 15 is 0 Å². The van der Waals surface area contributed by atoms with Gasteiger partial charge in [0.15, 0.2) is 17.8 Å². The highest BCUT2D eigenvalue weighted by Crippen LogP contribution is 2.41. The topological polar surface area (TPSA) is 217 Å². The largest absolute Gasteiger partial charge is 0.493 e. The van der Waals surface area contributed by atoms with Crippen LogP contribution in [-0.4, -0.2) is 136 Å². The Hall–Kier alpha value is -1.82. The number of benzene rings is 1. The first kappa shape index (κ1) is 29.7. The molecule has 0 bridgehead atoms. The molecular formula is C23H36O14. The number of methoxy groups -OCH3 is 2. The van der Waals surface area contributed by atoms with E-state index in [4.69, 9.17) is 28.4 Å². The molecule has 1 aromatic rings. The molecule has 2 aliphatic rings. The second kappa shape index (κ2) is 12.8. The Balaban J connectivity index is 1.75. The van der Waals surface area contributed by atoms with Crippen LogP contribution in [0.4, 0.5) is 0 Å². The normalized spacial score (nSPS) is 37.2. The highest BCUT2D eigenvalue weighted by atomic mass is 16.7. The van der Waals surface area contributed by atoms with Crippen molar-refractivity contribution in [1.29, 1.82) is 0 Å². The zero-order valence-corrected chi connectivity index (χ0v) is 20.7. The van der Waals surface area contributed by atoms with E-state index in [1.807, 2.05) is 0 Å². The molecule has 11 atom stereocenters. The van der Waals surface area contributed by atoms with Crippen LogP contribution >= 0.6 is 0 Å². The third kappa shape index (κ3) is 6.43. The summed E-state index contributed by atoms with van der Waals surface area (Å²) in [7, 11) is 2.74. The molecule has 0 aromatic heterocycles. The summed E-state index contributed by atoms with van der Waals surface area (Å²) >= 11 is 0. The Kier molecular flexibility index (Phi) is 10.3. The van der Waals surface area contributed by atoms with E-state index in [2.05, 4.69) is 0 Å². The van der Waals surface area contributed by atoms with E-state index in [0.29, 0.717) is 5.56 Å². The van der Waals surface area contributed by atoms with Gasteiger partial charge in [0, 0.05) is 0 Å². The number of aliphatic hydroxyl groups excluding tert-OH is 8. The molecule has 0 amide bonds. The predicted octanol–water partition coefficient (Wildman–Crippen LogP) is -3.37. The number of aliphatic hydroxyl groups is 8. The fraction of sp³-hybridized carbons (Fsp3) is 0.739. The van der Waals surface area contributed by atoms with E-state index in [1.54, 1.807) is 19.1 Å². The molecule has 8 N–H and O–H groups in total. The summed E-state index contributed by atoms with van der Waals surface area (Å²) in [5, 5.41) is 79.2. The second-order valence-corrected chi connectivity index (χ2v) is 8.99. The molecule has 0 radical (unpaired) electrons. The van der Waals surface area contributed by atoms with Gasteiger partial charge >= 0.3 is 0 Å². The van der Waals surface area contributed by atoms with Gasteiger partial charge in [-0.25, -0.2) is 0 Å². The molecule has 0 saturated carbocycles. The van der Waals surface area contributed by atoms with E-state index in [-0.39, 0.29) is 23.7 Å². The minimum absolute atomic E-state index is 0.0283. The van der Waals surface area contributed by atoms with Crippen molar-refractivity contribution >= 4 is 0 Å². The highest BCUT2D eigenvalue weighted by Gasteiger charge is 2.46. The number of rotatable bonds is 10. The van der Waals surface area contributed by atoms with Crippen molar-refractivity contribution in [2.75, 3.05) is 27.4 Å². The molecular weight excluding hydrogens is 500 g/mol. The summed E-state index contributed by atoms with van der Waals surface area (Å²) in [6.45, 7) is 0.479. The molecule has 2 saturated heterocycles. The van der Waals surface area contributed by atoms with Crippen LogP contribution in [0.15, 0.2) is 12.1 Å². The molecule has 0 unspecified atom stereocenters. The van der Waals surface area contributed by atoms with Gasteiger partial charge in [-0.1, -0.05) is 0 Å². The monoisotopic (exact) mass is 536 g/mol. The smallest absolute Gasteiger partial charge is 0.229 e. The first-order valence-corrected chi connectivity index (χ1v) is 11.7. The van der Waals surface area contributed by atoms with Gasteiger partial charge in [-0.15, -0.1) is 0 Å². The van der Waals surface area contributed by atoms with Crippen LogP contribution < -0.4 is 14.2 Å². The van der Waals surface area contributed by atoms with E-state index in [0.717, 1.165) is 0 Å². The average Bonchev–Trinajstić information content (AvgIpc) is 2.89. The molecule has 3 rings (SSSR count). The first-order chi connectivity index (χ1) is 17.6. The maximum Gasteiger partial charge on any atom is 0.229 e. The van der Waals surface area contributed by atoms with Crippen molar-refractivity contribution in [2.24, 2.45) is 0 Å². The summed E-state index contributed by atoms with van der Waals surface area (Å²) < 4.78 is 33.1. The fourth-order valence-electron chi connectivity index (χ4n) is 4.24. The Morgan fingerprint density at radius 1 is 0.730 bits per heavy atom. The number of hydrogen-bond donors (Lipinski definition) is 8. The lowest BCUT2D eigenvalue weighted by atomic mass is 9.99. The minimum Gasteiger partial charge on any atom is -0.493 e. The summed E-state index contributed by atoms with van der Waals surface area (Å²) in [5.41, 5.74) is 0.631. The summed E-state index contributed by atoms with van der Waals surface area (Å²) in [5.74, 6) is 0.373. The third-order valence-corrected chi connectivity index (χ3v) is 6.34. The maximum atomic E-state index is 10.3. The zero-order chi connectivity index (χ0) is 27.4. The van der Waals surface area contributed by atoms with Crippen LogP contribution in [0.25, 0.3) is 0 Å². The highest BCUT2D eigenvalue weighted by molar-refractivity contribution is 5.54. The van der Waals surface area contributed by atoms with E-state index < -0.39 is 80.7 Å². The quantitative estimate of drug-likeness (QED) is 0.146. The van der Waals surface area contributed by atoms with Crippen molar-refractivity contribution in [3.8, 4) is 17.2 Å². The van der Waals surface area contributed by atoms with E-state index in [1.165, 1.54) is 14.2 Å². The van der Waals surface area contributed by atoms with Gasteiger partial charge in [0.1, 0.15) is 48.8 Å². The molecule has 2 heterocycles. The zero-order valence-electron chi connectivity index (χ0n) is 20.7. The fourth-order valence-corrected chi connectivity index (χ4v) is 4.24. The average molecular weight is 537 g/mol. The molecule has 212 valence electrons.